The van der Waals surface area contributed by atoms with Crippen LogP contribution in [-0.4, -0.2) is 22.6 Å². The number of hydrogen-bond donors (Lipinski definition) is 0. The van der Waals surface area contributed by atoms with Crippen LogP contribution in [0, 0.1) is 6.92 Å². The number of aryl methyl sites for hydroxylation is 1. The lowest BCUT2D eigenvalue weighted by atomic mass is 10.2. The first kappa shape index (κ1) is 16.7. The molecule has 0 amide bonds. The van der Waals surface area contributed by atoms with Crippen molar-refractivity contribution in [2.75, 3.05) is 0 Å². The Morgan fingerprint density at radius 2 is 1.69 bits per heavy atom. The summed E-state index contributed by atoms with van der Waals surface area (Å²) in [5.74, 6) is 0. The number of rotatable bonds is 4. The van der Waals surface area contributed by atoms with Crippen LogP contribution >= 0.6 is 11.3 Å². The van der Waals surface area contributed by atoms with Crippen molar-refractivity contribution < 1.29 is 8.42 Å². The maximum Gasteiger partial charge on any atom is 0.283 e. The highest BCUT2D eigenvalue weighted by Crippen LogP contribution is 2.30. The third-order valence-corrected chi connectivity index (χ3v) is 6.45. The minimum atomic E-state index is -3.78. The van der Waals surface area contributed by atoms with Crippen molar-refractivity contribution in [3.05, 3.63) is 77.8 Å². The van der Waals surface area contributed by atoms with Crippen molar-refractivity contribution in [3.63, 3.8) is 0 Å². The molecule has 0 radical (unpaired) electrons. The molecular weight excluding hydrogens is 366 g/mol. The van der Waals surface area contributed by atoms with E-state index in [9.17, 15) is 8.42 Å². The number of nitrogens with zero attached hydrogens (tertiary/aromatic N) is 3. The van der Waals surface area contributed by atoms with Gasteiger partial charge < -0.3 is 0 Å². The fourth-order valence-electron chi connectivity index (χ4n) is 2.58. The zero-order valence-corrected chi connectivity index (χ0v) is 15.5. The molecule has 0 aliphatic carbocycles. The number of aromatic nitrogens is 3. The third-order valence-electron chi connectivity index (χ3n) is 3.94. The van der Waals surface area contributed by atoms with Crippen molar-refractivity contribution >= 4 is 21.4 Å². The summed E-state index contributed by atoms with van der Waals surface area (Å²) in [6, 6.07) is 18.2. The van der Waals surface area contributed by atoms with Gasteiger partial charge in [-0.15, -0.1) is 11.3 Å². The quantitative estimate of drug-likeness (QED) is 0.531. The summed E-state index contributed by atoms with van der Waals surface area (Å²) >= 11 is 1.47. The first-order chi connectivity index (χ1) is 12.6. The smallest absolute Gasteiger partial charge is 0.234 e. The van der Waals surface area contributed by atoms with Gasteiger partial charge in [0.2, 0.25) is 0 Å². The van der Waals surface area contributed by atoms with E-state index in [0.717, 1.165) is 20.2 Å². The van der Waals surface area contributed by atoms with Gasteiger partial charge in [-0.25, -0.2) is 4.98 Å². The molecule has 0 bridgehead atoms. The van der Waals surface area contributed by atoms with Gasteiger partial charge in [-0.05, 0) is 25.1 Å². The first-order valence-corrected chi connectivity index (χ1v) is 10.3. The Labute approximate surface area is 155 Å². The second kappa shape index (κ2) is 6.51. The van der Waals surface area contributed by atoms with Crippen molar-refractivity contribution in [2.45, 2.75) is 11.8 Å². The molecule has 2 aromatic carbocycles. The van der Waals surface area contributed by atoms with Crippen LogP contribution in [0.15, 0.2) is 77.1 Å². The Balaban J connectivity index is 1.76. The maximum atomic E-state index is 13.0. The number of hydrogen-bond acceptors (Lipinski definition) is 5. The molecule has 0 aliphatic heterocycles. The minimum Gasteiger partial charge on any atom is -0.234 e. The predicted octanol–water partition coefficient (Wildman–Crippen LogP) is 4.22. The van der Waals surface area contributed by atoms with Gasteiger partial charge in [-0.2, -0.15) is 17.6 Å². The average molecular weight is 381 g/mol. The van der Waals surface area contributed by atoms with Crippen LogP contribution in [-0.2, 0) is 10.0 Å². The summed E-state index contributed by atoms with van der Waals surface area (Å²) < 4.78 is 26.9. The zero-order valence-electron chi connectivity index (χ0n) is 13.9. The summed E-state index contributed by atoms with van der Waals surface area (Å²) in [5.41, 5.74) is 3.03. The Hall–Kier alpha value is -2.77. The summed E-state index contributed by atoms with van der Waals surface area (Å²) in [7, 11) is -3.78. The molecule has 4 aromatic rings. The fourth-order valence-corrected chi connectivity index (χ4v) is 4.67. The molecule has 0 N–H and O–H groups in total. The lowest BCUT2D eigenvalue weighted by molar-refractivity contribution is 0.581. The van der Waals surface area contributed by atoms with E-state index in [2.05, 4.69) is 10.1 Å². The Morgan fingerprint density at radius 1 is 0.962 bits per heavy atom. The summed E-state index contributed by atoms with van der Waals surface area (Å²) in [6.45, 7) is 1.91. The predicted molar refractivity (Wildman–Crippen MR) is 103 cm³/mol. The Bertz CT molecular complexity index is 1140. The van der Waals surface area contributed by atoms with E-state index in [1.807, 2.05) is 42.6 Å². The summed E-state index contributed by atoms with van der Waals surface area (Å²) in [6.07, 6.45) is 1.47. The van der Waals surface area contributed by atoms with E-state index in [4.69, 9.17) is 0 Å². The maximum absolute atomic E-state index is 13.0. The molecule has 2 heterocycles. The van der Waals surface area contributed by atoms with Gasteiger partial charge in [0, 0.05) is 10.9 Å². The molecule has 7 heteroatoms. The van der Waals surface area contributed by atoms with Crippen LogP contribution in [0.2, 0.25) is 0 Å². The van der Waals surface area contributed by atoms with Gasteiger partial charge in [0.25, 0.3) is 10.0 Å². The van der Waals surface area contributed by atoms with E-state index >= 15 is 0 Å². The van der Waals surface area contributed by atoms with Gasteiger partial charge in [-0.3, -0.25) is 0 Å². The zero-order chi connectivity index (χ0) is 18.1. The van der Waals surface area contributed by atoms with Gasteiger partial charge in [0.15, 0.2) is 0 Å². The Morgan fingerprint density at radius 3 is 2.42 bits per heavy atom. The van der Waals surface area contributed by atoms with Crippen LogP contribution in [0.5, 0.6) is 0 Å². The molecule has 0 saturated carbocycles. The second-order valence-electron chi connectivity index (χ2n) is 5.78. The van der Waals surface area contributed by atoms with Crippen molar-refractivity contribution in [3.8, 4) is 22.0 Å². The molecule has 0 atom stereocenters. The average Bonchev–Trinajstić information content (AvgIpc) is 3.32. The standard InChI is InChI=1S/C19H15N3O2S2/c1-14-7-9-16(10-8-14)26(23,24)22-18(11-12-20-22)17-13-25-19(21-17)15-5-3-2-4-6-15/h2-13H,1H3. The number of thiazole rings is 1. The van der Waals surface area contributed by atoms with E-state index in [0.29, 0.717) is 11.4 Å². The molecule has 0 saturated heterocycles. The summed E-state index contributed by atoms with van der Waals surface area (Å²) in [5, 5.41) is 6.72. The molecule has 0 fully saturated rings. The van der Waals surface area contributed by atoms with Crippen LogP contribution < -0.4 is 0 Å². The van der Waals surface area contributed by atoms with Gasteiger partial charge >= 0.3 is 0 Å². The van der Waals surface area contributed by atoms with E-state index in [-0.39, 0.29) is 4.90 Å². The van der Waals surface area contributed by atoms with Crippen LogP contribution in [0.4, 0.5) is 0 Å². The van der Waals surface area contributed by atoms with E-state index < -0.39 is 10.0 Å². The van der Waals surface area contributed by atoms with E-state index in [1.165, 1.54) is 17.5 Å². The van der Waals surface area contributed by atoms with Crippen molar-refractivity contribution in [2.24, 2.45) is 0 Å². The lowest BCUT2D eigenvalue weighted by Crippen LogP contribution is -2.15. The van der Waals surface area contributed by atoms with Crippen LogP contribution in [0.3, 0.4) is 0 Å². The monoisotopic (exact) mass is 381 g/mol. The highest BCUT2D eigenvalue weighted by molar-refractivity contribution is 7.90. The van der Waals surface area contributed by atoms with Crippen molar-refractivity contribution in [1.29, 1.82) is 0 Å². The number of benzene rings is 2. The highest BCUT2D eigenvalue weighted by atomic mass is 32.2. The topological polar surface area (TPSA) is 64.8 Å². The lowest BCUT2D eigenvalue weighted by Gasteiger charge is -2.07. The van der Waals surface area contributed by atoms with Crippen LogP contribution in [0.25, 0.3) is 22.0 Å². The molecule has 130 valence electrons. The first-order valence-electron chi connectivity index (χ1n) is 7.93. The molecule has 0 unspecified atom stereocenters. The van der Waals surface area contributed by atoms with Crippen molar-refractivity contribution in [1.82, 2.24) is 14.2 Å². The molecule has 0 aliphatic rings. The van der Waals surface area contributed by atoms with E-state index in [1.54, 1.807) is 30.3 Å². The second-order valence-corrected chi connectivity index (χ2v) is 8.41. The van der Waals surface area contributed by atoms with Gasteiger partial charge in [0.05, 0.1) is 11.1 Å². The molecule has 5 nitrogen and oxygen atoms in total. The van der Waals surface area contributed by atoms with Gasteiger partial charge in [-0.1, -0.05) is 48.0 Å². The normalized spacial score (nSPS) is 11.6. The minimum absolute atomic E-state index is 0.201. The molecular formula is C19H15N3O2S2. The molecule has 4 rings (SSSR count). The highest BCUT2D eigenvalue weighted by Gasteiger charge is 2.22. The fraction of sp³-hybridized carbons (Fsp3) is 0.0526. The SMILES string of the molecule is Cc1ccc(S(=O)(=O)n2nccc2-c2csc(-c3ccccc3)n2)cc1. The Kier molecular flexibility index (Phi) is 4.18. The summed E-state index contributed by atoms with van der Waals surface area (Å²) in [4.78, 5) is 4.80. The third kappa shape index (κ3) is 2.95. The largest absolute Gasteiger partial charge is 0.283 e. The molecule has 2 aromatic heterocycles. The molecule has 0 spiro atoms. The van der Waals surface area contributed by atoms with Gasteiger partial charge in [0.1, 0.15) is 16.4 Å². The van der Waals surface area contributed by atoms with Crippen LogP contribution in [0.1, 0.15) is 5.56 Å². The molecule has 26 heavy (non-hydrogen) atoms.